The summed E-state index contributed by atoms with van der Waals surface area (Å²) < 4.78 is 0. The molecule has 108 valence electrons. The third kappa shape index (κ3) is 3.05. The summed E-state index contributed by atoms with van der Waals surface area (Å²) in [6, 6.07) is 8.45. The summed E-state index contributed by atoms with van der Waals surface area (Å²) in [5.74, 6) is -0.228. The highest BCUT2D eigenvalue weighted by Crippen LogP contribution is 2.22. The minimum absolute atomic E-state index is 0.228. The van der Waals surface area contributed by atoms with E-state index in [2.05, 4.69) is 9.82 Å². The van der Waals surface area contributed by atoms with E-state index in [4.69, 9.17) is 0 Å². The summed E-state index contributed by atoms with van der Waals surface area (Å²) in [6.07, 6.45) is 3.24. The minimum atomic E-state index is -0.228. The zero-order valence-electron chi connectivity index (χ0n) is 12.1. The number of benzene rings is 1. The summed E-state index contributed by atoms with van der Waals surface area (Å²) in [6.45, 7) is 1.78. The van der Waals surface area contributed by atoms with E-state index >= 15 is 0 Å². The molecule has 21 heavy (non-hydrogen) atoms. The lowest BCUT2D eigenvalue weighted by Gasteiger charge is -2.16. The molecule has 6 nitrogen and oxygen atoms in total. The first-order valence-corrected chi connectivity index (χ1v) is 6.34. The summed E-state index contributed by atoms with van der Waals surface area (Å²) >= 11 is 0. The Bertz CT molecular complexity index is 671. The third-order valence-corrected chi connectivity index (χ3v) is 3.16. The predicted octanol–water partition coefficient (Wildman–Crippen LogP) is 2.64. The third-order valence-electron chi connectivity index (χ3n) is 3.16. The van der Waals surface area contributed by atoms with E-state index in [0.29, 0.717) is 21.9 Å². The Morgan fingerprint density at radius 2 is 2.10 bits per heavy atom. The van der Waals surface area contributed by atoms with Gasteiger partial charge in [0, 0.05) is 30.4 Å². The Balaban J connectivity index is 2.34. The number of pyridine rings is 1. The number of carbonyl (C=O) groups is 1. The van der Waals surface area contributed by atoms with Gasteiger partial charge in [-0.05, 0) is 25.1 Å². The lowest BCUT2D eigenvalue weighted by Crippen LogP contribution is -2.26. The van der Waals surface area contributed by atoms with Crippen molar-refractivity contribution in [2.24, 2.45) is 0 Å². The molecule has 0 aliphatic heterocycles. The average Bonchev–Trinajstić information content (AvgIpc) is 2.54. The Morgan fingerprint density at radius 3 is 2.71 bits per heavy atom. The second kappa shape index (κ2) is 6.13. The maximum Gasteiger partial charge on any atom is 0.320 e. The Morgan fingerprint density at radius 1 is 1.33 bits per heavy atom. The van der Waals surface area contributed by atoms with Crippen LogP contribution in [0.25, 0.3) is 0 Å². The minimum Gasteiger partial charge on any atom is -0.310 e. The van der Waals surface area contributed by atoms with Crippen LogP contribution in [-0.2, 0) is 4.84 Å². The summed E-state index contributed by atoms with van der Waals surface area (Å²) in [4.78, 5) is 34.5. The molecule has 0 N–H and O–H groups in total. The lowest BCUT2D eigenvalue weighted by atomic mass is 10.1. The number of carbonyl (C=O) groups excluding carboxylic acids is 1. The first kappa shape index (κ1) is 14.6. The van der Waals surface area contributed by atoms with Gasteiger partial charge in [0.2, 0.25) is 0 Å². The fourth-order valence-electron chi connectivity index (χ4n) is 1.90. The Hall–Kier alpha value is -2.76. The molecule has 0 aliphatic rings. The number of hydrogen-bond acceptors (Lipinski definition) is 4. The molecular weight excluding hydrogens is 270 g/mol. The molecule has 0 saturated carbocycles. The lowest BCUT2D eigenvalue weighted by molar-refractivity contribution is -0.737. The standard InChI is InChI=1S/C15H16N3O3/c1-11-6-7-12(9-14(11)18(20)21-3)15(19)17(2)13-5-4-8-16-10-13/h4-10H,1-3H3/q+1. The van der Waals surface area contributed by atoms with Crippen LogP contribution < -0.4 is 4.90 Å². The molecule has 0 unspecified atom stereocenters. The quantitative estimate of drug-likeness (QED) is 0.811. The van der Waals surface area contributed by atoms with Gasteiger partial charge in [-0.15, -0.1) is 0 Å². The SMILES string of the molecule is CO[N+](=O)c1cc(C(=O)N(C)c2cccnc2)ccc1C. The van der Waals surface area contributed by atoms with Gasteiger partial charge in [-0.2, -0.15) is 0 Å². The van der Waals surface area contributed by atoms with Crippen molar-refractivity contribution in [1.82, 2.24) is 4.98 Å². The van der Waals surface area contributed by atoms with Crippen molar-refractivity contribution in [2.45, 2.75) is 6.92 Å². The van der Waals surface area contributed by atoms with Crippen LogP contribution in [0, 0.1) is 11.8 Å². The molecule has 0 saturated heterocycles. The van der Waals surface area contributed by atoms with Crippen LogP contribution in [0.1, 0.15) is 15.9 Å². The van der Waals surface area contributed by atoms with E-state index in [1.807, 2.05) is 0 Å². The zero-order valence-corrected chi connectivity index (χ0v) is 12.1. The van der Waals surface area contributed by atoms with Crippen LogP contribution in [0.4, 0.5) is 11.4 Å². The average molecular weight is 286 g/mol. The number of rotatable bonds is 4. The van der Waals surface area contributed by atoms with E-state index < -0.39 is 0 Å². The molecule has 0 fully saturated rings. The van der Waals surface area contributed by atoms with Gasteiger partial charge in [0.25, 0.3) is 10.8 Å². The van der Waals surface area contributed by atoms with Crippen molar-refractivity contribution in [3.63, 3.8) is 0 Å². The maximum atomic E-state index is 12.5. The molecule has 1 heterocycles. The molecule has 1 amide bonds. The number of hydrogen-bond donors (Lipinski definition) is 0. The molecule has 1 aromatic heterocycles. The Kier molecular flexibility index (Phi) is 4.27. The van der Waals surface area contributed by atoms with Crippen molar-refractivity contribution in [2.75, 3.05) is 19.1 Å². The topological polar surface area (TPSA) is 62.5 Å². The van der Waals surface area contributed by atoms with Crippen molar-refractivity contribution in [3.8, 4) is 0 Å². The molecule has 0 radical (unpaired) electrons. The van der Waals surface area contributed by atoms with E-state index in [0.717, 1.165) is 5.56 Å². The number of anilines is 1. The number of amides is 1. The largest absolute Gasteiger partial charge is 0.320 e. The van der Waals surface area contributed by atoms with Gasteiger partial charge in [0.15, 0.2) is 7.11 Å². The van der Waals surface area contributed by atoms with E-state index in [1.165, 1.54) is 18.1 Å². The molecular formula is C15H16N3O3+. The molecule has 0 atom stereocenters. The number of aryl methyl sites for hydroxylation is 1. The second-order valence-electron chi connectivity index (χ2n) is 4.52. The van der Waals surface area contributed by atoms with Crippen molar-refractivity contribution >= 4 is 17.3 Å². The second-order valence-corrected chi connectivity index (χ2v) is 4.52. The van der Waals surface area contributed by atoms with E-state index in [-0.39, 0.29) is 5.91 Å². The van der Waals surface area contributed by atoms with Crippen LogP contribution in [-0.4, -0.2) is 30.0 Å². The highest BCUT2D eigenvalue weighted by molar-refractivity contribution is 6.06. The smallest absolute Gasteiger partial charge is 0.310 e. The number of nitrogens with zero attached hydrogens (tertiary/aromatic N) is 3. The zero-order chi connectivity index (χ0) is 15.4. The predicted molar refractivity (Wildman–Crippen MR) is 78.4 cm³/mol. The maximum absolute atomic E-state index is 12.5. The molecule has 1 aromatic carbocycles. The van der Waals surface area contributed by atoms with Gasteiger partial charge in [-0.3, -0.25) is 9.78 Å². The fraction of sp³-hybridized carbons (Fsp3) is 0.200. The summed E-state index contributed by atoms with van der Waals surface area (Å²) in [5.41, 5.74) is 2.12. The van der Waals surface area contributed by atoms with Gasteiger partial charge in [0.05, 0.1) is 16.8 Å². The van der Waals surface area contributed by atoms with Crippen LogP contribution in [0.3, 0.4) is 0 Å². The monoisotopic (exact) mass is 286 g/mol. The van der Waals surface area contributed by atoms with Crippen molar-refractivity contribution < 1.29 is 14.6 Å². The van der Waals surface area contributed by atoms with Gasteiger partial charge >= 0.3 is 5.69 Å². The van der Waals surface area contributed by atoms with Crippen LogP contribution in [0.2, 0.25) is 0 Å². The molecule has 0 spiro atoms. The van der Waals surface area contributed by atoms with E-state index in [1.54, 1.807) is 50.6 Å². The normalized spacial score (nSPS) is 10.0. The molecule has 0 aliphatic carbocycles. The first-order valence-electron chi connectivity index (χ1n) is 6.34. The van der Waals surface area contributed by atoms with Crippen LogP contribution >= 0.6 is 0 Å². The number of aromatic nitrogens is 1. The molecule has 6 heteroatoms. The van der Waals surface area contributed by atoms with E-state index in [9.17, 15) is 9.70 Å². The van der Waals surface area contributed by atoms with Gasteiger partial charge in [-0.1, -0.05) is 6.07 Å². The highest BCUT2D eigenvalue weighted by atomic mass is 16.8. The van der Waals surface area contributed by atoms with Crippen molar-refractivity contribution in [3.05, 3.63) is 58.8 Å². The Labute approximate surface area is 122 Å². The fourth-order valence-corrected chi connectivity index (χ4v) is 1.90. The highest BCUT2D eigenvalue weighted by Gasteiger charge is 2.22. The van der Waals surface area contributed by atoms with Gasteiger partial charge in [-0.25, -0.2) is 4.84 Å². The first-order chi connectivity index (χ1) is 10.0. The molecule has 2 aromatic rings. The van der Waals surface area contributed by atoms with Crippen molar-refractivity contribution in [1.29, 1.82) is 0 Å². The van der Waals surface area contributed by atoms with Gasteiger partial charge < -0.3 is 4.90 Å². The summed E-state index contributed by atoms with van der Waals surface area (Å²) in [5, 5.41) is 0. The van der Waals surface area contributed by atoms with Crippen LogP contribution in [0.15, 0.2) is 42.7 Å². The summed E-state index contributed by atoms with van der Waals surface area (Å²) in [7, 11) is 2.94. The molecule has 2 rings (SSSR count). The van der Waals surface area contributed by atoms with Crippen LogP contribution in [0.5, 0.6) is 0 Å². The van der Waals surface area contributed by atoms with Gasteiger partial charge in [0.1, 0.15) is 0 Å². The molecule has 0 bridgehead atoms.